The van der Waals surface area contributed by atoms with E-state index in [4.69, 9.17) is 36.3 Å². The fourth-order valence-corrected chi connectivity index (χ4v) is 3.87. The smallest absolute Gasteiger partial charge is 0.349 e. The second kappa shape index (κ2) is 10.9. The van der Waals surface area contributed by atoms with Gasteiger partial charge in [0, 0.05) is 11.6 Å². The Labute approximate surface area is 208 Å². The molecule has 2 N–H and O–H groups in total. The van der Waals surface area contributed by atoms with E-state index in [1.807, 2.05) is 31.2 Å². The molecule has 0 fully saturated rings. The minimum Gasteiger partial charge on any atom is -0.494 e. The summed E-state index contributed by atoms with van der Waals surface area (Å²) in [5, 5.41) is 10.1. The highest BCUT2D eigenvalue weighted by Gasteiger charge is 2.31. The number of halogens is 1. The van der Waals surface area contributed by atoms with Crippen LogP contribution in [0.2, 0.25) is 5.02 Å². The van der Waals surface area contributed by atoms with Crippen molar-refractivity contribution in [1.82, 2.24) is 0 Å². The van der Waals surface area contributed by atoms with Crippen LogP contribution in [-0.4, -0.2) is 19.2 Å². The number of rotatable bonds is 8. The number of para-hydroxylation sites is 1. The number of fused-ring (bicyclic) bond motifs is 1. The molecule has 8 heteroatoms. The zero-order valence-electron chi connectivity index (χ0n) is 19.0. The molecular formula is C27H23ClN2O5. The molecule has 0 spiro atoms. The number of nitrogens with two attached hydrogens (primary N) is 1. The molecule has 0 aromatic heterocycles. The molecule has 3 aromatic rings. The van der Waals surface area contributed by atoms with Crippen LogP contribution < -0.4 is 24.7 Å². The highest BCUT2D eigenvalue weighted by Crippen LogP contribution is 2.43. The van der Waals surface area contributed by atoms with Gasteiger partial charge in [-0.05, 0) is 42.3 Å². The molecule has 1 aliphatic heterocycles. The molecule has 0 amide bonds. The molecule has 1 unspecified atom stereocenters. The van der Waals surface area contributed by atoms with Gasteiger partial charge in [0.2, 0.25) is 5.88 Å². The largest absolute Gasteiger partial charge is 0.494 e. The fraction of sp³-hybridized carbons (Fsp3) is 0.185. The maximum absolute atomic E-state index is 12.3. The van der Waals surface area contributed by atoms with Gasteiger partial charge in [0.25, 0.3) is 0 Å². The van der Waals surface area contributed by atoms with E-state index >= 15 is 0 Å². The number of carbonyl (C=O) groups is 1. The maximum atomic E-state index is 12.3. The van der Waals surface area contributed by atoms with Gasteiger partial charge in [-0.2, -0.15) is 5.26 Å². The topological polar surface area (TPSA) is 104 Å². The van der Waals surface area contributed by atoms with Gasteiger partial charge in [0.15, 0.2) is 6.61 Å². The number of allylic oxidation sites excluding steroid dienone is 1. The van der Waals surface area contributed by atoms with Crippen molar-refractivity contribution >= 4 is 17.6 Å². The second-order valence-corrected chi connectivity index (χ2v) is 8.14. The zero-order chi connectivity index (χ0) is 24.8. The lowest BCUT2D eigenvalue weighted by molar-refractivity contribution is -0.136. The molecule has 0 aliphatic carbocycles. The van der Waals surface area contributed by atoms with E-state index in [9.17, 15) is 10.1 Å². The number of benzene rings is 3. The number of hydrogen-bond acceptors (Lipinski definition) is 7. The predicted molar refractivity (Wildman–Crippen MR) is 131 cm³/mol. The molecule has 1 atom stereocenters. The average molecular weight is 491 g/mol. The quantitative estimate of drug-likeness (QED) is 0.336. The molecule has 178 valence electrons. The number of hydrogen-bond donors (Lipinski definition) is 1. The Kier molecular flexibility index (Phi) is 7.44. The minimum atomic E-state index is -0.610. The van der Waals surface area contributed by atoms with E-state index in [-0.39, 0.29) is 18.2 Å². The summed E-state index contributed by atoms with van der Waals surface area (Å²) in [4.78, 5) is 12.3. The van der Waals surface area contributed by atoms with Crippen molar-refractivity contribution in [3.63, 3.8) is 0 Å². The van der Waals surface area contributed by atoms with Crippen molar-refractivity contribution in [3.05, 3.63) is 94.3 Å². The first-order valence-corrected chi connectivity index (χ1v) is 11.4. The Morgan fingerprint density at radius 2 is 1.83 bits per heavy atom. The van der Waals surface area contributed by atoms with Crippen LogP contribution in [0.5, 0.6) is 23.0 Å². The molecule has 1 heterocycles. The van der Waals surface area contributed by atoms with Crippen molar-refractivity contribution in [2.45, 2.75) is 19.3 Å². The van der Waals surface area contributed by atoms with Crippen LogP contribution in [0.4, 0.5) is 0 Å². The monoisotopic (exact) mass is 490 g/mol. The Bertz CT molecular complexity index is 1300. The summed E-state index contributed by atoms with van der Waals surface area (Å²) in [5.74, 6) is 0.748. The number of esters is 1. The molecule has 1 aliphatic rings. The molecular weight excluding hydrogens is 468 g/mol. The van der Waals surface area contributed by atoms with E-state index in [1.165, 1.54) is 0 Å². The third kappa shape index (κ3) is 5.51. The van der Waals surface area contributed by atoms with Crippen molar-refractivity contribution < 1.29 is 23.7 Å². The highest BCUT2D eigenvalue weighted by atomic mass is 35.5. The lowest BCUT2D eigenvalue weighted by Crippen LogP contribution is -2.21. The van der Waals surface area contributed by atoms with Crippen LogP contribution in [0.3, 0.4) is 0 Å². The third-order valence-electron chi connectivity index (χ3n) is 5.29. The van der Waals surface area contributed by atoms with E-state index < -0.39 is 11.9 Å². The molecule has 4 rings (SSSR count). The molecule has 0 bridgehead atoms. The van der Waals surface area contributed by atoms with Gasteiger partial charge >= 0.3 is 5.97 Å². The summed E-state index contributed by atoms with van der Waals surface area (Å²) in [6.45, 7) is 2.34. The maximum Gasteiger partial charge on any atom is 0.349 e. The molecule has 3 aromatic carbocycles. The van der Waals surface area contributed by atoms with Crippen LogP contribution >= 0.6 is 11.6 Å². The first kappa shape index (κ1) is 24.0. The Hall–Kier alpha value is -4.15. The van der Waals surface area contributed by atoms with Gasteiger partial charge in [-0.15, -0.1) is 0 Å². The SMILES string of the molecule is CCCOc1ccc(C2C(C#N)=C(N)Oc3cc(OC(=O)COc4ccccc4Cl)ccc32)cc1. The Morgan fingerprint density at radius 3 is 2.54 bits per heavy atom. The first-order chi connectivity index (χ1) is 17.0. The standard InChI is InChI=1S/C27H23ClN2O5/c1-2-13-32-18-9-7-17(8-10-18)26-20-12-11-19(14-24(20)35-27(30)21(26)15-29)34-25(31)16-33-23-6-4-3-5-22(23)28/h3-12,14,26H,2,13,16,30H2,1H3. The zero-order valence-corrected chi connectivity index (χ0v) is 19.7. The lowest BCUT2D eigenvalue weighted by Gasteiger charge is -2.26. The number of nitrogens with zero attached hydrogens (tertiary/aromatic N) is 1. The summed E-state index contributed by atoms with van der Waals surface area (Å²) in [6.07, 6.45) is 0.909. The van der Waals surface area contributed by atoms with E-state index in [0.717, 1.165) is 23.3 Å². The van der Waals surface area contributed by atoms with Crippen molar-refractivity contribution in [3.8, 4) is 29.1 Å². The second-order valence-electron chi connectivity index (χ2n) is 7.74. The summed E-state index contributed by atoms with van der Waals surface area (Å²) in [6, 6.07) is 21.5. The van der Waals surface area contributed by atoms with Crippen molar-refractivity contribution in [2.75, 3.05) is 13.2 Å². The Morgan fingerprint density at radius 1 is 1.09 bits per heavy atom. The number of ether oxygens (including phenoxy) is 4. The van der Waals surface area contributed by atoms with Crippen LogP contribution in [0, 0.1) is 11.3 Å². The van der Waals surface area contributed by atoms with Crippen LogP contribution in [-0.2, 0) is 4.79 Å². The summed E-state index contributed by atoms with van der Waals surface area (Å²) in [7, 11) is 0. The summed E-state index contributed by atoms with van der Waals surface area (Å²) < 4.78 is 22.2. The van der Waals surface area contributed by atoms with E-state index in [0.29, 0.717) is 28.7 Å². The average Bonchev–Trinajstić information content (AvgIpc) is 2.86. The summed E-state index contributed by atoms with van der Waals surface area (Å²) >= 11 is 6.04. The normalized spacial score (nSPS) is 14.4. The third-order valence-corrected chi connectivity index (χ3v) is 5.60. The van der Waals surface area contributed by atoms with Gasteiger partial charge in [-0.25, -0.2) is 4.79 Å². The number of nitriles is 1. The molecule has 7 nitrogen and oxygen atoms in total. The fourth-order valence-electron chi connectivity index (χ4n) is 3.68. The van der Waals surface area contributed by atoms with Crippen LogP contribution in [0.25, 0.3) is 0 Å². The van der Waals surface area contributed by atoms with Gasteiger partial charge in [-0.1, -0.05) is 48.9 Å². The molecule has 0 saturated carbocycles. The molecule has 35 heavy (non-hydrogen) atoms. The van der Waals surface area contributed by atoms with Gasteiger partial charge in [0.05, 0.1) is 17.5 Å². The van der Waals surface area contributed by atoms with Gasteiger partial charge < -0.3 is 24.7 Å². The first-order valence-electron chi connectivity index (χ1n) is 11.0. The van der Waals surface area contributed by atoms with Crippen molar-refractivity contribution in [2.24, 2.45) is 5.73 Å². The minimum absolute atomic E-state index is 0.00170. The van der Waals surface area contributed by atoms with Gasteiger partial charge in [-0.3, -0.25) is 0 Å². The molecule has 0 radical (unpaired) electrons. The van der Waals surface area contributed by atoms with Crippen LogP contribution in [0.15, 0.2) is 78.2 Å². The Balaban J connectivity index is 1.53. The van der Waals surface area contributed by atoms with E-state index in [1.54, 1.807) is 42.5 Å². The highest BCUT2D eigenvalue weighted by molar-refractivity contribution is 6.32. The van der Waals surface area contributed by atoms with Gasteiger partial charge in [0.1, 0.15) is 34.6 Å². The number of carbonyl (C=O) groups excluding carboxylic acids is 1. The summed E-state index contributed by atoms with van der Waals surface area (Å²) in [5.41, 5.74) is 7.96. The predicted octanol–water partition coefficient (Wildman–Crippen LogP) is 5.33. The lowest BCUT2D eigenvalue weighted by atomic mass is 9.83. The van der Waals surface area contributed by atoms with Crippen LogP contribution in [0.1, 0.15) is 30.4 Å². The van der Waals surface area contributed by atoms with Crippen molar-refractivity contribution in [1.29, 1.82) is 5.26 Å². The van der Waals surface area contributed by atoms with E-state index in [2.05, 4.69) is 6.07 Å². The molecule has 0 saturated heterocycles.